The van der Waals surface area contributed by atoms with Gasteiger partial charge in [0.2, 0.25) is 0 Å². The van der Waals surface area contributed by atoms with Crippen LogP contribution in [0, 0.1) is 19.7 Å². The second-order valence-corrected chi connectivity index (χ2v) is 6.68. The number of benzene rings is 2. The van der Waals surface area contributed by atoms with E-state index in [-0.39, 0.29) is 17.9 Å². The molecule has 0 aliphatic heterocycles. The van der Waals surface area contributed by atoms with Gasteiger partial charge in [-0.2, -0.15) is 5.10 Å². The molecule has 3 rings (SSSR count). The van der Waals surface area contributed by atoms with Crippen molar-refractivity contribution < 1.29 is 18.7 Å². The van der Waals surface area contributed by atoms with Crippen LogP contribution < -0.4 is 10.1 Å². The van der Waals surface area contributed by atoms with Gasteiger partial charge in [-0.15, -0.1) is 0 Å². The van der Waals surface area contributed by atoms with Gasteiger partial charge in [-0.1, -0.05) is 42.5 Å². The van der Waals surface area contributed by atoms with Crippen LogP contribution in [0.4, 0.5) is 4.39 Å². The minimum atomic E-state index is -0.768. The van der Waals surface area contributed by atoms with Crippen LogP contribution in [-0.2, 0) is 11.8 Å². The Balaban J connectivity index is 1.80. The number of nitrogens with zero attached hydrogens (tertiary/aromatic N) is 2. The largest absolute Gasteiger partial charge is 0.488 e. The zero-order valence-electron chi connectivity index (χ0n) is 16.5. The zero-order chi connectivity index (χ0) is 21.0. The second kappa shape index (κ2) is 8.68. The molecule has 0 bridgehead atoms. The molecule has 0 unspecified atom stereocenters. The van der Waals surface area contributed by atoms with E-state index in [2.05, 4.69) is 10.4 Å². The molecule has 2 aromatic carbocycles. The molecule has 7 heteroatoms. The molecular weight excluding hydrogens is 373 g/mol. The summed E-state index contributed by atoms with van der Waals surface area (Å²) < 4.78 is 21.0. The third-order valence-corrected chi connectivity index (χ3v) is 4.69. The molecule has 1 heterocycles. The molecular formula is C22H22FN3O3. The number of rotatable bonds is 7. The molecule has 29 heavy (non-hydrogen) atoms. The number of halogens is 1. The first-order valence-electron chi connectivity index (χ1n) is 9.16. The van der Waals surface area contributed by atoms with E-state index in [0.29, 0.717) is 11.4 Å². The lowest BCUT2D eigenvalue weighted by Crippen LogP contribution is -2.37. The maximum absolute atomic E-state index is 13.9. The Morgan fingerprint density at radius 3 is 2.38 bits per heavy atom. The Morgan fingerprint density at radius 1 is 1.10 bits per heavy atom. The van der Waals surface area contributed by atoms with Crippen molar-refractivity contribution in [1.29, 1.82) is 0 Å². The van der Waals surface area contributed by atoms with Crippen molar-refractivity contribution in [3.05, 3.63) is 82.9 Å². The van der Waals surface area contributed by atoms with Gasteiger partial charge >= 0.3 is 0 Å². The number of nitrogens with one attached hydrogen (secondary N) is 1. The summed E-state index contributed by atoms with van der Waals surface area (Å²) in [5.41, 5.74) is 2.13. The number of hydrogen-bond donors (Lipinski definition) is 1. The molecule has 0 spiro atoms. The minimum absolute atomic E-state index is 0.0328. The van der Waals surface area contributed by atoms with Gasteiger partial charge in [0.1, 0.15) is 6.61 Å². The monoisotopic (exact) mass is 395 g/mol. The molecule has 0 saturated heterocycles. The second-order valence-electron chi connectivity index (χ2n) is 6.68. The summed E-state index contributed by atoms with van der Waals surface area (Å²) in [5.74, 6) is -1.86. The van der Waals surface area contributed by atoms with Gasteiger partial charge in [-0.05, 0) is 31.5 Å². The van der Waals surface area contributed by atoms with E-state index in [4.69, 9.17) is 4.74 Å². The molecule has 0 aliphatic rings. The molecule has 1 atom stereocenters. The summed E-state index contributed by atoms with van der Waals surface area (Å²) in [6.07, 6.45) is 0. The summed E-state index contributed by atoms with van der Waals surface area (Å²) in [6, 6.07) is 14.5. The Labute approximate surface area is 168 Å². The van der Waals surface area contributed by atoms with Gasteiger partial charge in [0.25, 0.3) is 11.7 Å². The topological polar surface area (TPSA) is 73.2 Å². The molecule has 3 aromatic rings. The molecule has 150 valence electrons. The number of hydrogen-bond acceptors (Lipinski definition) is 4. The predicted octanol–water partition coefficient (Wildman–Crippen LogP) is 3.30. The molecule has 0 radical (unpaired) electrons. The van der Waals surface area contributed by atoms with E-state index in [9.17, 15) is 14.0 Å². The first kappa shape index (κ1) is 20.3. The standard InChI is InChI=1S/C22H22FN3O3/c1-14-20(15(2)26(3)25-14)21(27)22(28)24-18(16-9-5-4-6-10-16)13-29-19-12-8-7-11-17(19)23/h4-12,18H,13H2,1-3H3,(H,24,28)/t18-/m1/s1. The first-order chi connectivity index (χ1) is 13.9. The fraction of sp³-hybridized carbons (Fsp3) is 0.227. The van der Waals surface area contributed by atoms with Crippen LogP contribution in [-0.4, -0.2) is 28.1 Å². The van der Waals surface area contributed by atoms with Crippen LogP contribution in [0.25, 0.3) is 0 Å². The SMILES string of the molecule is Cc1nn(C)c(C)c1C(=O)C(=O)N[C@H](COc1ccccc1F)c1ccccc1. The first-order valence-corrected chi connectivity index (χ1v) is 9.16. The molecule has 0 fully saturated rings. The highest BCUT2D eigenvalue weighted by molar-refractivity contribution is 6.43. The van der Waals surface area contributed by atoms with Crippen molar-refractivity contribution in [2.24, 2.45) is 7.05 Å². The Morgan fingerprint density at radius 2 is 1.76 bits per heavy atom. The normalized spacial score (nSPS) is 11.7. The van der Waals surface area contributed by atoms with Gasteiger partial charge in [0, 0.05) is 12.7 Å². The molecule has 0 aliphatic carbocycles. The van der Waals surface area contributed by atoms with Crippen LogP contribution in [0.15, 0.2) is 54.6 Å². The van der Waals surface area contributed by atoms with E-state index >= 15 is 0 Å². The maximum atomic E-state index is 13.9. The fourth-order valence-electron chi connectivity index (χ4n) is 3.08. The third kappa shape index (κ3) is 4.51. The smallest absolute Gasteiger partial charge is 0.293 e. The van der Waals surface area contributed by atoms with E-state index in [1.165, 1.54) is 12.1 Å². The number of aromatic nitrogens is 2. The van der Waals surface area contributed by atoms with Gasteiger partial charge < -0.3 is 10.1 Å². The Bertz CT molecular complexity index is 1030. The predicted molar refractivity (Wildman–Crippen MR) is 106 cm³/mol. The van der Waals surface area contributed by atoms with Crippen molar-refractivity contribution in [3.8, 4) is 5.75 Å². The van der Waals surface area contributed by atoms with E-state index in [0.717, 1.165) is 5.56 Å². The van der Waals surface area contributed by atoms with Crippen LogP contribution in [0.3, 0.4) is 0 Å². The van der Waals surface area contributed by atoms with Crippen LogP contribution in [0.5, 0.6) is 5.75 Å². The van der Waals surface area contributed by atoms with E-state index < -0.39 is 23.5 Å². The van der Waals surface area contributed by atoms with Crippen molar-refractivity contribution >= 4 is 11.7 Å². The number of carbonyl (C=O) groups excluding carboxylic acids is 2. The lowest BCUT2D eigenvalue weighted by atomic mass is 10.1. The maximum Gasteiger partial charge on any atom is 0.293 e. The highest BCUT2D eigenvalue weighted by atomic mass is 19.1. The number of aryl methyl sites for hydroxylation is 2. The van der Waals surface area contributed by atoms with Crippen molar-refractivity contribution in [2.45, 2.75) is 19.9 Å². The Hall–Kier alpha value is -3.48. The molecule has 0 saturated carbocycles. The van der Waals surface area contributed by atoms with Crippen LogP contribution in [0.2, 0.25) is 0 Å². The third-order valence-electron chi connectivity index (χ3n) is 4.69. The van der Waals surface area contributed by atoms with Gasteiger partial charge in [-0.3, -0.25) is 14.3 Å². The number of amides is 1. The quantitative estimate of drug-likeness (QED) is 0.492. The summed E-state index contributed by atoms with van der Waals surface area (Å²) >= 11 is 0. The highest BCUT2D eigenvalue weighted by Crippen LogP contribution is 2.20. The van der Waals surface area contributed by atoms with E-state index in [1.807, 2.05) is 18.2 Å². The lowest BCUT2D eigenvalue weighted by molar-refractivity contribution is -0.118. The summed E-state index contributed by atoms with van der Waals surface area (Å²) in [7, 11) is 1.71. The molecule has 6 nitrogen and oxygen atoms in total. The highest BCUT2D eigenvalue weighted by Gasteiger charge is 2.26. The molecule has 1 aromatic heterocycles. The van der Waals surface area contributed by atoms with Gasteiger partial charge in [0.05, 0.1) is 17.3 Å². The van der Waals surface area contributed by atoms with Crippen LogP contribution in [0.1, 0.15) is 33.4 Å². The van der Waals surface area contributed by atoms with Crippen molar-refractivity contribution in [3.63, 3.8) is 0 Å². The number of para-hydroxylation sites is 1. The average Bonchev–Trinajstić information content (AvgIpc) is 2.97. The summed E-state index contributed by atoms with van der Waals surface area (Å²) in [6.45, 7) is 3.38. The summed E-state index contributed by atoms with van der Waals surface area (Å²) in [4.78, 5) is 25.4. The van der Waals surface area contributed by atoms with Crippen molar-refractivity contribution in [1.82, 2.24) is 15.1 Å². The zero-order valence-corrected chi connectivity index (χ0v) is 16.5. The van der Waals surface area contributed by atoms with Crippen LogP contribution >= 0.6 is 0 Å². The van der Waals surface area contributed by atoms with Crippen molar-refractivity contribution in [2.75, 3.05) is 6.61 Å². The Kier molecular flexibility index (Phi) is 6.07. The lowest BCUT2D eigenvalue weighted by Gasteiger charge is -2.20. The van der Waals surface area contributed by atoms with Gasteiger partial charge in [0.15, 0.2) is 11.6 Å². The fourth-order valence-corrected chi connectivity index (χ4v) is 3.08. The number of ether oxygens (including phenoxy) is 1. The van der Waals surface area contributed by atoms with E-state index in [1.54, 1.807) is 49.8 Å². The molecule has 1 N–H and O–H groups in total. The number of carbonyl (C=O) groups is 2. The number of Topliss-reactive ketones (excluding diaryl/α,β-unsaturated/α-hetero) is 1. The average molecular weight is 395 g/mol. The number of ketones is 1. The van der Waals surface area contributed by atoms with Gasteiger partial charge in [-0.25, -0.2) is 4.39 Å². The molecule has 1 amide bonds. The summed E-state index contributed by atoms with van der Waals surface area (Å²) in [5, 5.41) is 6.90. The minimum Gasteiger partial charge on any atom is -0.488 e.